The predicted octanol–water partition coefficient (Wildman–Crippen LogP) is 4.35. The molecule has 0 radical (unpaired) electrons. The normalized spacial score (nSPS) is 29.8. The van der Waals surface area contributed by atoms with Crippen LogP contribution < -0.4 is 0 Å². The van der Waals surface area contributed by atoms with Gasteiger partial charge in [-0.3, -0.25) is 4.90 Å². The van der Waals surface area contributed by atoms with Crippen molar-refractivity contribution in [2.24, 2.45) is 23.7 Å². The van der Waals surface area contributed by atoms with Crippen LogP contribution in [0.4, 0.5) is 0 Å². The molecule has 2 unspecified atom stereocenters. The maximum atomic E-state index is 2.77. The van der Waals surface area contributed by atoms with Gasteiger partial charge in [-0.1, -0.05) is 52.7 Å². The minimum Gasteiger partial charge on any atom is -0.296 e. The first-order valence-corrected chi connectivity index (χ1v) is 7.91. The molecule has 0 saturated carbocycles. The molecule has 2 aliphatic heterocycles. The first kappa shape index (κ1) is 14.1. The standard InChI is InChI=1S/C17H31N/c1-11(2)14-10-18-9-7-8-15(18)17(13(5)6)16(14)12(3)4/h11-15H,7-10H2,1-6H3. The van der Waals surface area contributed by atoms with E-state index in [0.29, 0.717) is 0 Å². The van der Waals surface area contributed by atoms with E-state index in [1.54, 1.807) is 5.57 Å². The fourth-order valence-corrected chi connectivity index (χ4v) is 4.20. The van der Waals surface area contributed by atoms with E-state index in [0.717, 1.165) is 29.7 Å². The van der Waals surface area contributed by atoms with Crippen molar-refractivity contribution >= 4 is 0 Å². The predicted molar refractivity (Wildman–Crippen MR) is 79.6 cm³/mol. The van der Waals surface area contributed by atoms with Gasteiger partial charge in [0.05, 0.1) is 0 Å². The van der Waals surface area contributed by atoms with Crippen molar-refractivity contribution in [3.63, 3.8) is 0 Å². The highest BCUT2D eigenvalue weighted by atomic mass is 15.2. The molecule has 2 rings (SSSR count). The average Bonchev–Trinajstić information content (AvgIpc) is 2.72. The van der Waals surface area contributed by atoms with Crippen molar-refractivity contribution in [1.82, 2.24) is 4.90 Å². The summed E-state index contributed by atoms with van der Waals surface area (Å²) in [5, 5.41) is 0. The molecule has 1 saturated heterocycles. The van der Waals surface area contributed by atoms with Crippen molar-refractivity contribution in [2.75, 3.05) is 13.1 Å². The summed E-state index contributed by atoms with van der Waals surface area (Å²) in [6.45, 7) is 17.0. The Balaban J connectivity index is 2.46. The van der Waals surface area contributed by atoms with Crippen molar-refractivity contribution in [1.29, 1.82) is 0 Å². The van der Waals surface area contributed by atoms with E-state index in [4.69, 9.17) is 0 Å². The summed E-state index contributed by atoms with van der Waals surface area (Å²) < 4.78 is 0. The van der Waals surface area contributed by atoms with Gasteiger partial charge in [0.15, 0.2) is 0 Å². The van der Waals surface area contributed by atoms with E-state index in [1.165, 1.54) is 25.9 Å². The zero-order valence-electron chi connectivity index (χ0n) is 13.2. The zero-order chi connectivity index (χ0) is 13.4. The highest BCUT2D eigenvalue weighted by Gasteiger charge is 2.39. The van der Waals surface area contributed by atoms with E-state index < -0.39 is 0 Å². The molecular weight excluding hydrogens is 218 g/mol. The third-order valence-corrected chi connectivity index (χ3v) is 4.94. The number of rotatable bonds is 3. The lowest BCUT2D eigenvalue weighted by Crippen LogP contribution is -2.45. The summed E-state index contributed by atoms with van der Waals surface area (Å²) in [5.74, 6) is 3.00. The maximum Gasteiger partial charge on any atom is 0.0313 e. The fraction of sp³-hybridized carbons (Fsp3) is 0.882. The van der Waals surface area contributed by atoms with Crippen LogP contribution >= 0.6 is 0 Å². The molecule has 0 aliphatic carbocycles. The molecule has 0 spiro atoms. The lowest BCUT2D eigenvalue weighted by Gasteiger charge is -2.44. The van der Waals surface area contributed by atoms with E-state index in [1.807, 2.05) is 5.57 Å². The molecule has 1 heteroatoms. The molecule has 2 aliphatic rings. The Morgan fingerprint density at radius 3 is 2.06 bits per heavy atom. The Morgan fingerprint density at radius 2 is 1.56 bits per heavy atom. The zero-order valence-corrected chi connectivity index (χ0v) is 13.2. The lowest BCUT2D eigenvalue weighted by atomic mass is 9.72. The fourth-order valence-electron chi connectivity index (χ4n) is 4.20. The van der Waals surface area contributed by atoms with Crippen LogP contribution in [0, 0.1) is 23.7 Å². The average molecular weight is 249 g/mol. The minimum atomic E-state index is 0.717. The van der Waals surface area contributed by atoms with Gasteiger partial charge in [0.2, 0.25) is 0 Å². The Bertz CT molecular complexity index is 315. The maximum absolute atomic E-state index is 2.77. The van der Waals surface area contributed by atoms with Crippen LogP contribution in [-0.4, -0.2) is 24.0 Å². The minimum absolute atomic E-state index is 0.717. The van der Waals surface area contributed by atoms with Crippen LogP contribution in [0.15, 0.2) is 11.1 Å². The van der Waals surface area contributed by atoms with Crippen LogP contribution in [-0.2, 0) is 0 Å². The van der Waals surface area contributed by atoms with Crippen molar-refractivity contribution in [3.05, 3.63) is 11.1 Å². The third kappa shape index (κ3) is 2.39. The molecule has 0 N–H and O–H groups in total. The molecule has 2 atom stereocenters. The van der Waals surface area contributed by atoms with Gasteiger partial charge in [0.25, 0.3) is 0 Å². The highest BCUT2D eigenvalue weighted by Crippen LogP contribution is 2.43. The molecule has 1 nitrogen and oxygen atoms in total. The number of nitrogens with zero attached hydrogens (tertiary/aromatic N) is 1. The number of fused-ring (bicyclic) bond motifs is 1. The van der Waals surface area contributed by atoms with Gasteiger partial charge in [-0.05, 0) is 43.1 Å². The Hall–Kier alpha value is -0.300. The smallest absolute Gasteiger partial charge is 0.0313 e. The largest absolute Gasteiger partial charge is 0.296 e. The number of hydrogen-bond donors (Lipinski definition) is 0. The molecule has 2 heterocycles. The Kier molecular flexibility index (Phi) is 4.21. The Labute approximate surface area is 114 Å². The summed E-state index contributed by atoms with van der Waals surface area (Å²) >= 11 is 0. The molecule has 0 aromatic carbocycles. The number of hydrogen-bond acceptors (Lipinski definition) is 1. The van der Waals surface area contributed by atoms with Crippen LogP contribution in [0.3, 0.4) is 0 Å². The molecule has 0 aromatic heterocycles. The van der Waals surface area contributed by atoms with Gasteiger partial charge in [0.1, 0.15) is 0 Å². The summed E-state index contributed by atoms with van der Waals surface area (Å²) in [4.78, 5) is 2.77. The van der Waals surface area contributed by atoms with Crippen LogP contribution in [0.1, 0.15) is 54.4 Å². The van der Waals surface area contributed by atoms with Gasteiger partial charge >= 0.3 is 0 Å². The summed E-state index contributed by atoms with van der Waals surface area (Å²) in [5.41, 5.74) is 3.61. The highest BCUT2D eigenvalue weighted by molar-refractivity contribution is 5.30. The van der Waals surface area contributed by atoms with E-state index in [9.17, 15) is 0 Å². The molecule has 1 fully saturated rings. The lowest BCUT2D eigenvalue weighted by molar-refractivity contribution is 0.182. The van der Waals surface area contributed by atoms with Crippen molar-refractivity contribution < 1.29 is 0 Å². The summed E-state index contributed by atoms with van der Waals surface area (Å²) in [6.07, 6.45) is 2.80. The summed E-state index contributed by atoms with van der Waals surface area (Å²) in [6, 6.07) is 0.775. The summed E-state index contributed by atoms with van der Waals surface area (Å²) in [7, 11) is 0. The first-order valence-electron chi connectivity index (χ1n) is 7.91. The van der Waals surface area contributed by atoms with Gasteiger partial charge in [-0.15, -0.1) is 0 Å². The molecule has 0 aromatic rings. The van der Waals surface area contributed by atoms with Crippen LogP contribution in [0.25, 0.3) is 0 Å². The van der Waals surface area contributed by atoms with Crippen molar-refractivity contribution in [2.45, 2.75) is 60.4 Å². The van der Waals surface area contributed by atoms with Crippen LogP contribution in [0.2, 0.25) is 0 Å². The van der Waals surface area contributed by atoms with Gasteiger partial charge in [-0.2, -0.15) is 0 Å². The molecular formula is C17H31N. The SMILES string of the molecule is CC(C)C1=C(C(C)C)C2CCCN2CC1C(C)C. The van der Waals surface area contributed by atoms with Gasteiger partial charge in [-0.25, -0.2) is 0 Å². The first-order chi connectivity index (χ1) is 8.43. The van der Waals surface area contributed by atoms with Crippen LogP contribution in [0.5, 0.6) is 0 Å². The second-order valence-corrected chi connectivity index (χ2v) is 7.22. The van der Waals surface area contributed by atoms with E-state index >= 15 is 0 Å². The van der Waals surface area contributed by atoms with E-state index in [-0.39, 0.29) is 0 Å². The van der Waals surface area contributed by atoms with Gasteiger partial charge < -0.3 is 0 Å². The molecule has 0 amide bonds. The second-order valence-electron chi connectivity index (χ2n) is 7.22. The van der Waals surface area contributed by atoms with E-state index in [2.05, 4.69) is 46.4 Å². The topological polar surface area (TPSA) is 3.24 Å². The molecule has 104 valence electrons. The molecule has 18 heavy (non-hydrogen) atoms. The third-order valence-electron chi connectivity index (χ3n) is 4.94. The molecule has 0 bridgehead atoms. The Morgan fingerprint density at radius 1 is 0.944 bits per heavy atom. The van der Waals surface area contributed by atoms with Crippen molar-refractivity contribution in [3.8, 4) is 0 Å². The second kappa shape index (κ2) is 5.36. The van der Waals surface area contributed by atoms with Gasteiger partial charge in [0, 0.05) is 12.6 Å². The quantitative estimate of drug-likeness (QED) is 0.672. The monoisotopic (exact) mass is 249 g/mol.